The van der Waals surface area contributed by atoms with Gasteiger partial charge in [-0.1, -0.05) is 6.92 Å². The minimum Gasteiger partial charge on any atom is -0.349 e. The Morgan fingerprint density at radius 1 is 1.50 bits per heavy atom. The van der Waals surface area contributed by atoms with E-state index in [9.17, 15) is 9.18 Å². The molecule has 2 N–H and O–H groups in total. The zero-order valence-corrected chi connectivity index (χ0v) is 10.8. The predicted octanol–water partition coefficient (Wildman–Crippen LogP) is 1.86. The van der Waals surface area contributed by atoms with Crippen molar-refractivity contribution >= 4 is 5.91 Å². The van der Waals surface area contributed by atoms with Crippen molar-refractivity contribution in [1.29, 1.82) is 0 Å². The van der Waals surface area contributed by atoms with Gasteiger partial charge in [-0.05, 0) is 56.1 Å². The fourth-order valence-corrected chi connectivity index (χ4v) is 2.27. The van der Waals surface area contributed by atoms with Gasteiger partial charge in [-0.15, -0.1) is 0 Å². The van der Waals surface area contributed by atoms with Crippen LogP contribution in [0.1, 0.15) is 29.3 Å². The molecule has 1 heterocycles. The molecule has 3 nitrogen and oxygen atoms in total. The minimum absolute atomic E-state index is 0.114. The molecule has 1 aromatic rings. The average molecular weight is 250 g/mol. The molecule has 4 heteroatoms. The molecule has 18 heavy (non-hydrogen) atoms. The van der Waals surface area contributed by atoms with Gasteiger partial charge in [-0.3, -0.25) is 4.79 Å². The number of benzene rings is 1. The highest BCUT2D eigenvalue weighted by molar-refractivity contribution is 5.94. The van der Waals surface area contributed by atoms with Crippen LogP contribution in [0.15, 0.2) is 18.2 Å². The predicted molar refractivity (Wildman–Crippen MR) is 69.0 cm³/mol. The molecule has 0 aliphatic carbocycles. The first-order valence-corrected chi connectivity index (χ1v) is 6.35. The maximum Gasteiger partial charge on any atom is 0.251 e. The van der Waals surface area contributed by atoms with Crippen molar-refractivity contribution < 1.29 is 9.18 Å². The number of hydrogen-bond donors (Lipinski definition) is 2. The number of hydrogen-bond acceptors (Lipinski definition) is 2. The number of halogens is 1. The lowest BCUT2D eigenvalue weighted by atomic mass is 9.95. The summed E-state index contributed by atoms with van der Waals surface area (Å²) >= 11 is 0. The Bertz CT molecular complexity index is 447. The first-order chi connectivity index (χ1) is 8.58. The van der Waals surface area contributed by atoms with Gasteiger partial charge in [-0.25, -0.2) is 4.39 Å². The molecule has 2 atom stereocenters. The molecule has 0 radical (unpaired) electrons. The Labute approximate surface area is 107 Å². The van der Waals surface area contributed by atoms with Crippen molar-refractivity contribution in [2.75, 3.05) is 13.1 Å². The molecular weight excluding hydrogens is 231 g/mol. The summed E-state index contributed by atoms with van der Waals surface area (Å²) in [4.78, 5) is 12.1. The van der Waals surface area contributed by atoms with Crippen LogP contribution in [0, 0.1) is 18.7 Å². The Morgan fingerprint density at radius 2 is 2.28 bits per heavy atom. The van der Waals surface area contributed by atoms with Gasteiger partial charge in [0, 0.05) is 11.6 Å². The zero-order valence-electron chi connectivity index (χ0n) is 10.8. The minimum atomic E-state index is -0.276. The number of carbonyl (C=O) groups is 1. The van der Waals surface area contributed by atoms with Gasteiger partial charge in [0.25, 0.3) is 5.91 Å². The molecule has 98 valence electrons. The first-order valence-electron chi connectivity index (χ1n) is 6.35. The third kappa shape index (κ3) is 2.88. The SMILES string of the molecule is Cc1cc(C(=O)N[C@@H]2CCNC[C@@H]2C)ccc1F. The van der Waals surface area contributed by atoms with E-state index in [0.29, 0.717) is 17.0 Å². The first kappa shape index (κ1) is 13.0. The van der Waals surface area contributed by atoms with Crippen LogP contribution in [0.3, 0.4) is 0 Å². The summed E-state index contributed by atoms with van der Waals surface area (Å²) in [5.74, 6) is 0.0304. The smallest absolute Gasteiger partial charge is 0.251 e. The summed E-state index contributed by atoms with van der Waals surface area (Å²) in [6, 6.07) is 4.67. The lowest BCUT2D eigenvalue weighted by molar-refractivity contribution is 0.0914. The molecule has 1 aliphatic rings. The van der Waals surface area contributed by atoms with E-state index in [0.717, 1.165) is 19.5 Å². The van der Waals surface area contributed by atoms with E-state index in [2.05, 4.69) is 17.6 Å². The zero-order chi connectivity index (χ0) is 13.1. The third-order valence-electron chi connectivity index (χ3n) is 3.52. The summed E-state index contributed by atoms with van der Waals surface area (Å²) < 4.78 is 13.1. The van der Waals surface area contributed by atoms with Crippen LogP contribution in [0.25, 0.3) is 0 Å². The standard InChI is InChI=1S/C14H19FN2O/c1-9-7-11(3-4-12(9)15)14(18)17-13-5-6-16-8-10(13)2/h3-4,7,10,13,16H,5-6,8H2,1-2H3,(H,17,18)/t10-,13+/m0/s1. The van der Waals surface area contributed by atoms with E-state index in [1.165, 1.54) is 12.1 Å². The van der Waals surface area contributed by atoms with Gasteiger partial charge in [0.05, 0.1) is 0 Å². The van der Waals surface area contributed by atoms with Gasteiger partial charge in [0.15, 0.2) is 0 Å². The average Bonchev–Trinajstić information content (AvgIpc) is 2.35. The van der Waals surface area contributed by atoms with Crippen LogP contribution in [0.2, 0.25) is 0 Å². The second-order valence-corrected chi connectivity index (χ2v) is 5.01. The molecule has 0 bridgehead atoms. The lowest BCUT2D eigenvalue weighted by Gasteiger charge is -2.30. The molecule has 2 rings (SSSR count). The summed E-state index contributed by atoms with van der Waals surface area (Å²) in [5, 5.41) is 6.32. The van der Waals surface area contributed by atoms with Crippen molar-refractivity contribution in [2.24, 2.45) is 5.92 Å². The molecule has 0 spiro atoms. The number of carbonyl (C=O) groups excluding carboxylic acids is 1. The number of aryl methyl sites for hydroxylation is 1. The van der Waals surface area contributed by atoms with Crippen LogP contribution in [-0.4, -0.2) is 25.0 Å². The molecule has 0 unspecified atom stereocenters. The van der Waals surface area contributed by atoms with E-state index in [1.807, 2.05) is 0 Å². The molecule has 1 fully saturated rings. The second kappa shape index (κ2) is 5.48. The molecular formula is C14H19FN2O. The Kier molecular flexibility index (Phi) is 3.97. The van der Waals surface area contributed by atoms with Crippen LogP contribution in [0.4, 0.5) is 4.39 Å². The van der Waals surface area contributed by atoms with E-state index in [-0.39, 0.29) is 17.8 Å². The van der Waals surface area contributed by atoms with Crippen LogP contribution in [0.5, 0.6) is 0 Å². The molecule has 0 saturated carbocycles. The van der Waals surface area contributed by atoms with Crippen molar-refractivity contribution in [1.82, 2.24) is 10.6 Å². The van der Waals surface area contributed by atoms with Crippen molar-refractivity contribution in [3.63, 3.8) is 0 Å². The van der Waals surface area contributed by atoms with Crippen LogP contribution >= 0.6 is 0 Å². The number of amides is 1. The largest absolute Gasteiger partial charge is 0.349 e. The van der Waals surface area contributed by atoms with Gasteiger partial charge in [0.2, 0.25) is 0 Å². The Morgan fingerprint density at radius 3 is 2.94 bits per heavy atom. The number of rotatable bonds is 2. The Hall–Kier alpha value is -1.42. The van der Waals surface area contributed by atoms with Crippen LogP contribution < -0.4 is 10.6 Å². The second-order valence-electron chi connectivity index (χ2n) is 5.01. The Balaban J connectivity index is 2.04. The van der Waals surface area contributed by atoms with Gasteiger partial charge in [-0.2, -0.15) is 0 Å². The maximum absolute atomic E-state index is 13.1. The quantitative estimate of drug-likeness (QED) is 0.841. The molecule has 1 aliphatic heterocycles. The lowest BCUT2D eigenvalue weighted by Crippen LogP contribution is -2.48. The molecule has 1 saturated heterocycles. The fraction of sp³-hybridized carbons (Fsp3) is 0.500. The highest BCUT2D eigenvalue weighted by atomic mass is 19.1. The van der Waals surface area contributed by atoms with Gasteiger partial charge < -0.3 is 10.6 Å². The highest BCUT2D eigenvalue weighted by Crippen LogP contribution is 2.13. The number of nitrogens with one attached hydrogen (secondary N) is 2. The van der Waals surface area contributed by atoms with Crippen molar-refractivity contribution in [3.05, 3.63) is 35.1 Å². The van der Waals surface area contributed by atoms with Gasteiger partial charge in [0.1, 0.15) is 5.82 Å². The summed E-state index contributed by atoms with van der Waals surface area (Å²) in [6.45, 7) is 5.64. The fourth-order valence-electron chi connectivity index (χ4n) is 2.27. The summed E-state index contributed by atoms with van der Waals surface area (Å²) in [7, 11) is 0. The van der Waals surface area contributed by atoms with E-state index >= 15 is 0 Å². The van der Waals surface area contributed by atoms with E-state index in [4.69, 9.17) is 0 Å². The van der Waals surface area contributed by atoms with Gasteiger partial charge >= 0.3 is 0 Å². The highest BCUT2D eigenvalue weighted by Gasteiger charge is 2.23. The van der Waals surface area contributed by atoms with Crippen LogP contribution in [-0.2, 0) is 0 Å². The molecule has 1 amide bonds. The maximum atomic E-state index is 13.1. The normalized spacial score (nSPS) is 23.7. The molecule has 1 aromatic carbocycles. The van der Waals surface area contributed by atoms with Crippen molar-refractivity contribution in [2.45, 2.75) is 26.3 Å². The number of piperidine rings is 1. The third-order valence-corrected chi connectivity index (χ3v) is 3.52. The summed E-state index contributed by atoms with van der Waals surface area (Å²) in [6.07, 6.45) is 0.938. The molecule has 0 aromatic heterocycles. The summed E-state index contributed by atoms with van der Waals surface area (Å²) in [5.41, 5.74) is 1.03. The monoisotopic (exact) mass is 250 g/mol. The van der Waals surface area contributed by atoms with E-state index < -0.39 is 0 Å². The van der Waals surface area contributed by atoms with Crippen molar-refractivity contribution in [3.8, 4) is 0 Å². The topological polar surface area (TPSA) is 41.1 Å². The van der Waals surface area contributed by atoms with E-state index in [1.54, 1.807) is 13.0 Å².